The Morgan fingerprint density at radius 2 is 1.11 bits per heavy atom. The average molecular weight is 765 g/mol. The summed E-state index contributed by atoms with van der Waals surface area (Å²) in [5, 5.41) is 40.0. The zero-order valence-corrected chi connectivity index (χ0v) is 33.7. The van der Waals surface area contributed by atoms with Gasteiger partial charge >= 0.3 is 11.9 Å². The molecule has 2 unspecified atom stereocenters. The summed E-state index contributed by atoms with van der Waals surface area (Å²) in [6.07, 6.45) is 32.5. The van der Waals surface area contributed by atoms with Crippen molar-refractivity contribution in [2.24, 2.45) is 0 Å². The quantitative estimate of drug-likeness (QED) is 0.0217. The Bertz CT molecular complexity index is 1020. The Morgan fingerprint density at radius 1 is 0.593 bits per heavy atom. The minimum Gasteiger partial charge on any atom is -0.462 e. The lowest BCUT2D eigenvalue weighted by Gasteiger charge is -2.39. The van der Waals surface area contributed by atoms with Crippen molar-refractivity contribution in [2.45, 2.75) is 198 Å². The molecule has 10 nitrogen and oxygen atoms in total. The standard InChI is InChI=1S/C44H76O10/c1-3-5-7-9-11-13-15-17-19-21-23-25-27-29-31-33-40(47)53-37(36-52-44-43(50)42(49)41(48)38(34-45)54-44)35-51-39(46)32-30-28-26-24-22-20-18-16-14-12-10-8-6-4-2/h10,12-13,15-19,37-38,41-45,48-50H,3-9,11,14,20-36H2,1-2H3/b12-10+,15-13+,18-16+,19-17+/t37-,38-,41+,42?,43?,44-/m1/s1. The van der Waals surface area contributed by atoms with Crippen LogP contribution in [0.5, 0.6) is 0 Å². The number of esters is 2. The molecule has 0 aromatic heterocycles. The molecule has 54 heavy (non-hydrogen) atoms. The number of aliphatic hydroxyl groups is 4. The largest absolute Gasteiger partial charge is 0.462 e. The molecule has 1 aliphatic rings. The predicted molar refractivity (Wildman–Crippen MR) is 215 cm³/mol. The SMILES string of the molecule is CCCC/C=C/C/C=C/CCCCCCCC(=O)OC[C@H](CO[C@@H]1O[C@H](CO)[C@H](O)C(O)C1O)OC(=O)CCCCCCC/C=C/C=C/CCCCCC. The molecule has 0 amide bonds. The second-order valence-corrected chi connectivity index (χ2v) is 14.5. The van der Waals surface area contributed by atoms with Gasteiger partial charge in [0.25, 0.3) is 0 Å². The number of carbonyl (C=O) groups is 2. The van der Waals surface area contributed by atoms with Gasteiger partial charge in [-0.25, -0.2) is 0 Å². The maximum atomic E-state index is 12.7. The number of hydrogen-bond donors (Lipinski definition) is 4. The lowest BCUT2D eigenvalue weighted by atomic mass is 9.99. The van der Waals surface area contributed by atoms with Gasteiger partial charge in [-0.3, -0.25) is 9.59 Å². The molecule has 0 radical (unpaired) electrons. The van der Waals surface area contributed by atoms with Crippen LogP contribution in [0.4, 0.5) is 0 Å². The van der Waals surface area contributed by atoms with Crippen molar-refractivity contribution in [1.29, 1.82) is 0 Å². The van der Waals surface area contributed by atoms with Gasteiger partial charge in [0.15, 0.2) is 12.4 Å². The highest BCUT2D eigenvalue weighted by Gasteiger charge is 2.44. The Hall–Kier alpha value is -2.34. The van der Waals surface area contributed by atoms with Gasteiger partial charge < -0.3 is 39.4 Å². The van der Waals surface area contributed by atoms with E-state index in [4.69, 9.17) is 18.9 Å². The summed E-state index contributed by atoms with van der Waals surface area (Å²) in [7, 11) is 0. The second-order valence-electron chi connectivity index (χ2n) is 14.5. The van der Waals surface area contributed by atoms with E-state index in [0.29, 0.717) is 12.8 Å². The number of ether oxygens (including phenoxy) is 4. The second kappa shape index (κ2) is 35.1. The van der Waals surface area contributed by atoms with Crippen molar-refractivity contribution in [3.8, 4) is 0 Å². The molecule has 6 atom stereocenters. The molecular formula is C44H76O10. The van der Waals surface area contributed by atoms with Gasteiger partial charge in [0.2, 0.25) is 0 Å². The normalized spacial score (nSPS) is 21.2. The van der Waals surface area contributed by atoms with E-state index in [1.807, 2.05) is 0 Å². The highest BCUT2D eigenvalue weighted by Crippen LogP contribution is 2.22. The first-order chi connectivity index (χ1) is 26.3. The molecule has 0 spiro atoms. The molecular weight excluding hydrogens is 688 g/mol. The number of rotatable bonds is 34. The number of hydrogen-bond acceptors (Lipinski definition) is 10. The topological polar surface area (TPSA) is 152 Å². The van der Waals surface area contributed by atoms with Gasteiger partial charge in [-0.15, -0.1) is 0 Å². The Balaban J connectivity index is 2.39. The smallest absolute Gasteiger partial charge is 0.306 e. The van der Waals surface area contributed by atoms with Crippen LogP contribution in [0.1, 0.15) is 162 Å². The van der Waals surface area contributed by atoms with E-state index in [1.54, 1.807) is 0 Å². The van der Waals surface area contributed by atoms with Gasteiger partial charge in [0, 0.05) is 12.8 Å². The Kier molecular flexibility index (Phi) is 32.3. The van der Waals surface area contributed by atoms with Gasteiger partial charge in [0.1, 0.15) is 31.0 Å². The predicted octanol–water partition coefficient (Wildman–Crippen LogP) is 8.49. The van der Waals surface area contributed by atoms with Crippen LogP contribution in [0, 0.1) is 0 Å². The number of allylic oxidation sites excluding steroid dienone is 8. The lowest BCUT2D eigenvalue weighted by Crippen LogP contribution is -2.59. The summed E-state index contributed by atoms with van der Waals surface area (Å²) >= 11 is 0. The van der Waals surface area contributed by atoms with E-state index in [1.165, 1.54) is 38.5 Å². The van der Waals surface area contributed by atoms with Gasteiger partial charge in [0.05, 0.1) is 13.2 Å². The van der Waals surface area contributed by atoms with Crippen LogP contribution < -0.4 is 0 Å². The molecule has 312 valence electrons. The molecule has 0 aromatic carbocycles. The Labute approximate surface area is 327 Å². The summed E-state index contributed by atoms with van der Waals surface area (Å²) in [6.45, 7) is 3.31. The first kappa shape index (κ1) is 49.7. The van der Waals surface area contributed by atoms with Crippen molar-refractivity contribution < 1.29 is 49.0 Å². The first-order valence-electron chi connectivity index (χ1n) is 21.2. The Morgan fingerprint density at radius 3 is 1.70 bits per heavy atom. The third kappa shape index (κ3) is 26.5. The van der Waals surface area contributed by atoms with Crippen LogP contribution in [0.15, 0.2) is 48.6 Å². The van der Waals surface area contributed by atoms with Crippen LogP contribution >= 0.6 is 0 Å². The summed E-state index contributed by atoms with van der Waals surface area (Å²) in [4.78, 5) is 25.3. The monoisotopic (exact) mass is 765 g/mol. The maximum absolute atomic E-state index is 12.7. The molecule has 0 saturated carbocycles. The third-order valence-corrected chi connectivity index (χ3v) is 9.46. The van der Waals surface area contributed by atoms with E-state index in [-0.39, 0.29) is 26.1 Å². The molecule has 1 rings (SSSR count). The van der Waals surface area contributed by atoms with Crippen molar-refractivity contribution in [1.82, 2.24) is 0 Å². The molecule has 4 N–H and O–H groups in total. The zero-order valence-electron chi connectivity index (χ0n) is 33.7. The zero-order chi connectivity index (χ0) is 39.5. The summed E-state index contributed by atoms with van der Waals surface area (Å²) in [5.74, 6) is -0.844. The van der Waals surface area contributed by atoms with Gasteiger partial charge in [-0.1, -0.05) is 133 Å². The lowest BCUT2D eigenvalue weighted by molar-refractivity contribution is -0.305. The van der Waals surface area contributed by atoms with Crippen LogP contribution in [0.2, 0.25) is 0 Å². The van der Waals surface area contributed by atoms with E-state index in [0.717, 1.165) is 83.5 Å². The molecule has 0 aliphatic carbocycles. The number of carbonyl (C=O) groups excluding carboxylic acids is 2. The van der Waals surface area contributed by atoms with E-state index in [9.17, 15) is 30.0 Å². The fraction of sp³-hybridized carbons (Fsp3) is 0.773. The van der Waals surface area contributed by atoms with Crippen LogP contribution in [0.3, 0.4) is 0 Å². The molecule has 1 saturated heterocycles. The first-order valence-corrected chi connectivity index (χ1v) is 21.2. The summed E-state index contributed by atoms with van der Waals surface area (Å²) in [5.41, 5.74) is 0. The minimum atomic E-state index is -1.60. The fourth-order valence-corrected chi connectivity index (χ4v) is 6.02. The maximum Gasteiger partial charge on any atom is 0.306 e. The minimum absolute atomic E-state index is 0.208. The fourth-order valence-electron chi connectivity index (χ4n) is 6.02. The highest BCUT2D eigenvalue weighted by atomic mass is 16.7. The molecule has 1 heterocycles. The van der Waals surface area contributed by atoms with Crippen LogP contribution in [-0.4, -0.2) is 89.0 Å². The van der Waals surface area contributed by atoms with Crippen molar-refractivity contribution in [2.75, 3.05) is 19.8 Å². The van der Waals surface area contributed by atoms with Crippen molar-refractivity contribution >= 4 is 11.9 Å². The van der Waals surface area contributed by atoms with E-state index < -0.39 is 55.4 Å². The number of aliphatic hydroxyl groups excluding tert-OH is 4. The van der Waals surface area contributed by atoms with Gasteiger partial charge in [-0.05, 0) is 64.2 Å². The molecule has 10 heteroatoms. The van der Waals surface area contributed by atoms with Crippen LogP contribution in [-0.2, 0) is 28.5 Å². The summed E-state index contributed by atoms with van der Waals surface area (Å²) < 4.78 is 22.1. The number of unbranched alkanes of at least 4 members (excludes halogenated alkanes) is 16. The molecule has 0 bridgehead atoms. The van der Waals surface area contributed by atoms with Crippen molar-refractivity contribution in [3.05, 3.63) is 48.6 Å². The molecule has 1 fully saturated rings. The average Bonchev–Trinajstić information content (AvgIpc) is 3.17. The van der Waals surface area contributed by atoms with E-state index >= 15 is 0 Å². The summed E-state index contributed by atoms with van der Waals surface area (Å²) in [6, 6.07) is 0. The third-order valence-electron chi connectivity index (χ3n) is 9.46. The highest BCUT2D eigenvalue weighted by molar-refractivity contribution is 5.70. The van der Waals surface area contributed by atoms with E-state index in [2.05, 4.69) is 62.5 Å². The molecule has 0 aromatic rings. The van der Waals surface area contributed by atoms with Crippen LogP contribution in [0.25, 0.3) is 0 Å². The molecule has 1 aliphatic heterocycles. The van der Waals surface area contributed by atoms with Gasteiger partial charge in [-0.2, -0.15) is 0 Å². The van der Waals surface area contributed by atoms with Crippen molar-refractivity contribution in [3.63, 3.8) is 0 Å².